The van der Waals surface area contributed by atoms with Crippen LogP contribution in [0.2, 0.25) is 0 Å². The maximum Gasteiger partial charge on any atom is 0.411 e. The number of nitrogens with zero attached hydrogens (tertiary/aromatic N) is 1. The fraction of sp³-hybridized carbons (Fsp3) is 0.500. The average Bonchev–Trinajstić information content (AvgIpc) is 3.07. The van der Waals surface area contributed by atoms with Crippen LogP contribution in [-0.4, -0.2) is 77.3 Å². The molecular weight excluding hydrogens is 414 g/mol. The number of thioether (sulfide) groups is 1. The SMILES string of the molecule is COC(=O)[C@]12O[C@H](CS[C@H]1C=O)C(OC(C)=O)[C@@H]1[C@H]2OC(=O)N1Cc1ccccc1. The van der Waals surface area contributed by atoms with E-state index in [1.165, 1.54) is 30.7 Å². The smallest absolute Gasteiger partial charge is 0.411 e. The van der Waals surface area contributed by atoms with Crippen molar-refractivity contribution >= 4 is 36.1 Å². The molecule has 4 rings (SSSR count). The molecule has 0 N–H and O–H groups in total. The molecule has 9 nitrogen and oxygen atoms in total. The molecule has 160 valence electrons. The van der Waals surface area contributed by atoms with E-state index in [4.69, 9.17) is 18.9 Å². The molecule has 1 unspecified atom stereocenters. The highest BCUT2D eigenvalue weighted by atomic mass is 32.2. The molecule has 10 heteroatoms. The molecule has 0 radical (unpaired) electrons. The van der Waals surface area contributed by atoms with Gasteiger partial charge in [-0.3, -0.25) is 9.69 Å². The number of fused-ring (bicyclic) bond motifs is 4. The highest BCUT2D eigenvalue weighted by Gasteiger charge is 2.72. The molecule has 0 saturated carbocycles. The summed E-state index contributed by atoms with van der Waals surface area (Å²) in [4.78, 5) is 50.8. The number of aldehydes is 1. The van der Waals surface area contributed by atoms with Crippen molar-refractivity contribution in [3.63, 3.8) is 0 Å². The van der Waals surface area contributed by atoms with Gasteiger partial charge in [0.05, 0.1) is 7.11 Å². The standard InChI is InChI=1S/C20H21NO8S/c1-11(23)27-16-13-10-30-14(9-22)20(29-13,18(24)26-2)17-15(16)21(19(25)28-17)8-12-6-4-3-5-7-12/h3-7,9,13-17H,8,10H2,1-2H3/t13-,14+,15-,16?,17-,20+/m1/s1. The maximum atomic E-state index is 12.9. The number of carbonyl (C=O) groups excluding carboxylic acids is 4. The van der Waals surface area contributed by atoms with Crippen molar-refractivity contribution in [1.29, 1.82) is 0 Å². The summed E-state index contributed by atoms with van der Waals surface area (Å²) in [7, 11) is 1.18. The van der Waals surface area contributed by atoms with Crippen LogP contribution in [0.25, 0.3) is 0 Å². The van der Waals surface area contributed by atoms with Crippen LogP contribution in [-0.2, 0) is 39.9 Å². The van der Waals surface area contributed by atoms with E-state index in [1.54, 1.807) is 0 Å². The third kappa shape index (κ3) is 3.14. The van der Waals surface area contributed by atoms with Crippen LogP contribution < -0.4 is 0 Å². The van der Waals surface area contributed by atoms with Gasteiger partial charge in [-0.1, -0.05) is 30.3 Å². The van der Waals surface area contributed by atoms with Crippen LogP contribution in [0, 0.1) is 0 Å². The van der Waals surface area contributed by atoms with Gasteiger partial charge in [0.2, 0.25) is 5.60 Å². The maximum absolute atomic E-state index is 12.9. The van der Waals surface area contributed by atoms with Crippen molar-refractivity contribution in [2.24, 2.45) is 0 Å². The van der Waals surface area contributed by atoms with E-state index < -0.39 is 53.2 Å². The predicted molar refractivity (Wildman–Crippen MR) is 104 cm³/mol. The first kappa shape index (κ1) is 20.7. The van der Waals surface area contributed by atoms with Crippen LogP contribution in [0.3, 0.4) is 0 Å². The molecule has 1 aromatic carbocycles. The van der Waals surface area contributed by atoms with Crippen LogP contribution in [0.1, 0.15) is 12.5 Å². The van der Waals surface area contributed by atoms with Crippen molar-refractivity contribution in [3.05, 3.63) is 35.9 Å². The van der Waals surface area contributed by atoms with Crippen LogP contribution in [0.4, 0.5) is 4.79 Å². The Morgan fingerprint density at radius 1 is 1.33 bits per heavy atom. The molecule has 2 bridgehead atoms. The largest absolute Gasteiger partial charge is 0.467 e. The van der Waals surface area contributed by atoms with E-state index >= 15 is 0 Å². The number of amides is 1. The van der Waals surface area contributed by atoms with E-state index in [9.17, 15) is 19.2 Å². The van der Waals surface area contributed by atoms with Crippen LogP contribution in [0.15, 0.2) is 30.3 Å². The molecule has 1 aromatic rings. The van der Waals surface area contributed by atoms with Gasteiger partial charge in [0.25, 0.3) is 0 Å². The summed E-state index contributed by atoms with van der Waals surface area (Å²) in [5.74, 6) is -1.05. The minimum atomic E-state index is -1.81. The fourth-order valence-corrected chi connectivity index (χ4v) is 5.64. The zero-order valence-corrected chi connectivity index (χ0v) is 17.2. The Kier molecular flexibility index (Phi) is 5.46. The second-order valence-corrected chi connectivity index (χ2v) is 8.49. The molecule has 0 spiro atoms. The van der Waals surface area contributed by atoms with E-state index in [0.717, 1.165) is 5.56 Å². The molecular formula is C20H21NO8S. The third-order valence-electron chi connectivity index (χ3n) is 5.59. The minimum absolute atomic E-state index is 0.182. The Labute approximate surface area is 177 Å². The van der Waals surface area contributed by atoms with E-state index in [2.05, 4.69) is 0 Å². The van der Waals surface area contributed by atoms with Gasteiger partial charge in [0, 0.05) is 19.2 Å². The van der Waals surface area contributed by atoms with Crippen molar-refractivity contribution in [2.75, 3.05) is 12.9 Å². The van der Waals surface area contributed by atoms with Gasteiger partial charge < -0.3 is 23.7 Å². The topological polar surface area (TPSA) is 108 Å². The van der Waals surface area contributed by atoms with Crippen LogP contribution >= 0.6 is 11.8 Å². The number of esters is 2. The lowest BCUT2D eigenvalue weighted by atomic mass is 9.80. The molecule has 3 fully saturated rings. The number of methoxy groups -OCH3 is 1. The number of benzene rings is 1. The van der Waals surface area contributed by atoms with Gasteiger partial charge in [0.1, 0.15) is 23.7 Å². The van der Waals surface area contributed by atoms with E-state index in [1.807, 2.05) is 30.3 Å². The zero-order chi connectivity index (χ0) is 21.5. The van der Waals surface area contributed by atoms with E-state index in [-0.39, 0.29) is 6.54 Å². The van der Waals surface area contributed by atoms with Crippen molar-refractivity contribution in [1.82, 2.24) is 4.90 Å². The number of carbonyl (C=O) groups is 4. The number of rotatable bonds is 5. The highest BCUT2D eigenvalue weighted by molar-refractivity contribution is 8.00. The summed E-state index contributed by atoms with van der Waals surface area (Å²) >= 11 is 1.19. The van der Waals surface area contributed by atoms with Crippen LogP contribution in [0.5, 0.6) is 0 Å². The number of hydrogen-bond donors (Lipinski definition) is 0. The lowest BCUT2D eigenvalue weighted by Gasteiger charge is -2.53. The quantitative estimate of drug-likeness (QED) is 0.379. The Hall–Kier alpha value is -2.59. The number of ether oxygens (including phenoxy) is 4. The Morgan fingerprint density at radius 2 is 2.07 bits per heavy atom. The minimum Gasteiger partial charge on any atom is -0.467 e. The summed E-state index contributed by atoms with van der Waals surface area (Å²) in [6.07, 6.45) is -2.83. The molecule has 0 aromatic heterocycles. The van der Waals surface area contributed by atoms with Gasteiger partial charge in [0.15, 0.2) is 12.2 Å². The molecule has 6 atom stereocenters. The van der Waals surface area contributed by atoms with Gasteiger partial charge in [-0.05, 0) is 5.56 Å². The molecule has 3 heterocycles. The molecule has 30 heavy (non-hydrogen) atoms. The monoisotopic (exact) mass is 435 g/mol. The van der Waals surface area contributed by atoms with Gasteiger partial charge in [-0.2, -0.15) is 0 Å². The predicted octanol–water partition coefficient (Wildman–Crippen LogP) is 0.933. The lowest BCUT2D eigenvalue weighted by Crippen LogP contribution is -2.75. The third-order valence-corrected chi connectivity index (χ3v) is 6.93. The van der Waals surface area contributed by atoms with E-state index in [0.29, 0.717) is 12.0 Å². The Bertz CT molecular complexity index is 864. The molecule has 0 aliphatic carbocycles. The fourth-order valence-electron chi connectivity index (χ4n) is 4.37. The highest BCUT2D eigenvalue weighted by Crippen LogP contribution is 2.49. The molecule has 3 saturated heterocycles. The zero-order valence-electron chi connectivity index (χ0n) is 16.4. The first-order chi connectivity index (χ1) is 14.4. The van der Waals surface area contributed by atoms with Crippen molar-refractivity contribution in [3.8, 4) is 0 Å². The molecule has 1 amide bonds. The summed E-state index contributed by atoms with van der Waals surface area (Å²) in [5, 5.41) is -0.934. The van der Waals surface area contributed by atoms with Gasteiger partial charge in [-0.25, -0.2) is 9.59 Å². The van der Waals surface area contributed by atoms with Gasteiger partial charge in [-0.15, -0.1) is 11.8 Å². The van der Waals surface area contributed by atoms with Crippen molar-refractivity contribution < 1.29 is 38.1 Å². The summed E-state index contributed by atoms with van der Waals surface area (Å²) < 4.78 is 22.1. The second-order valence-electron chi connectivity index (χ2n) is 7.31. The van der Waals surface area contributed by atoms with Crippen molar-refractivity contribution in [2.45, 2.75) is 48.7 Å². The first-order valence-electron chi connectivity index (χ1n) is 9.44. The summed E-state index contributed by atoms with van der Waals surface area (Å²) in [6.45, 7) is 1.45. The Balaban J connectivity index is 1.79. The number of hydrogen-bond acceptors (Lipinski definition) is 9. The molecule has 3 aliphatic rings. The normalized spacial score (nSPS) is 34.5. The molecule has 3 aliphatic heterocycles. The summed E-state index contributed by atoms with van der Waals surface area (Å²) in [6, 6.07) is 8.41. The van der Waals surface area contributed by atoms with Gasteiger partial charge >= 0.3 is 18.0 Å². The Morgan fingerprint density at radius 3 is 2.70 bits per heavy atom. The summed E-state index contributed by atoms with van der Waals surface area (Å²) in [5.41, 5.74) is -0.978. The lowest BCUT2D eigenvalue weighted by molar-refractivity contribution is -0.240. The second kappa shape index (κ2) is 7.92. The average molecular weight is 435 g/mol. The first-order valence-corrected chi connectivity index (χ1v) is 10.5.